The second kappa shape index (κ2) is 4.48. The molecule has 0 amide bonds. The Hall–Kier alpha value is -1.63. The van der Waals surface area contributed by atoms with Crippen LogP contribution in [0.2, 0.25) is 0 Å². The minimum atomic E-state index is 1.03. The first-order chi connectivity index (χ1) is 7.68. The maximum absolute atomic E-state index is 4.49. The third kappa shape index (κ3) is 2.13. The van der Waals surface area contributed by atoms with Crippen LogP contribution in [0.15, 0.2) is 42.6 Å². The van der Waals surface area contributed by atoms with Crippen molar-refractivity contribution in [2.45, 2.75) is 26.7 Å². The number of allylic oxidation sites excluding steroid dienone is 1. The second-order valence-corrected chi connectivity index (χ2v) is 4.40. The van der Waals surface area contributed by atoms with Crippen LogP contribution in [0, 0.1) is 6.92 Å². The lowest BCUT2D eigenvalue weighted by atomic mass is 10.0. The van der Waals surface area contributed by atoms with Crippen molar-refractivity contribution >= 4 is 10.9 Å². The smallest absolute Gasteiger partial charge is 0.0736 e. The zero-order chi connectivity index (χ0) is 11.5. The molecule has 82 valence electrons. The van der Waals surface area contributed by atoms with Crippen molar-refractivity contribution in [3.63, 3.8) is 0 Å². The van der Waals surface area contributed by atoms with Gasteiger partial charge in [-0.1, -0.05) is 23.8 Å². The molecule has 0 saturated heterocycles. The van der Waals surface area contributed by atoms with Crippen LogP contribution in [0.5, 0.6) is 0 Å². The van der Waals surface area contributed by atoms with Gasteiger partial charge < -0.3 is 0 Å². The molecule has 0 radical (unpaired) electrons. The molecule has 0 aliphatic rings. The lowest BCUT2D eigenvalue weighted by Gasteiger charge is -2.07. The summed E-state index contributed by atoms with van der Waals surface area (Å²) in [5.74, 6) is 0. The highest BCUT2D eigenvalue weighted by molar-refractivity contribution is 5.84. The Morgan fingerprint density at radius 2 is 2.12 bits per heavy atom. The highest BCUT2D eigenvalue weighted by Gasteiger charge is 2.04. The molecule has 0 unspecified atom stereocenters. The maximum atomic E-state index is 4.49. The van der Waals surface area contributed by atoms with Gasteiger partial charge in [-0.15, -0.1) is 6.58 Å². The molecule has 0 aliphatic heterocycles. The summed E-state index contributed by atoms with van der Waals surface area (Å²) in [5, 5.41) is 1.27. The first-order valence-electron chi connectivity index (χ1n) is 5.66. The van der Waals surface area contributed by atoms with E-state index in [-0.39, 0.29) is 0 Å². The van der Waals surface area contributed by atoms with E-state index in [0.29, 0.717) is 0 Å². The molecule has 0 fully saturated rings. The number of aromatic nitrogens is 1. The van der Waals surface area contributed by atoms with E-state index in [1.54, 1.807) is 0 Å². The van der Waals surface area contributed by atoms with Gasteiger partial charge in [-0.25, -0.2) is 0 Å². The molecule has 1 nitrogen and oxygen atoms in total. The molecule has 0 bridgehead atoms. The van der Waals surface area contributed by atoms with E-state index in [1.807, 2.05) is 12.3 Å². The third-order valence-electron chi connectivity index (χ3n) is 2.89. The van der Waals surface area contributed by atoms with Crippen molar-refractivity contribution in [1.82, 2.24) is 4.98 Å². The van der Waals surface area contributed by atoms with Crippen LogP contribution in [-0.2, 0) is 6.42 Å². The Kier molecular flexibility index (Phi) is 3.04. The van der Waals surface area contributed by atoms with Gasteiger partial charge in [0, 0.05) is 11.6 Å². The number of pyridine rings is 1. The maximum Gasteiger partial charge on any atom is 0.0736 e. The van der Waals surface area contributed by atoms with Crippen LogP contribution in [0.1, 0.15) is 24.5 Å². The number of benzene rings is 1. The van der Waals surface area contributed by atoms with Crippen molar-refractivity contribution in [2.75, 3.05) is 0 Å². The van der Waals surface area contributed by atoms with Gasteiger partial charge in [0.05, 0.1) is 5.52 Å². The number of fused-ring (bicyclic) bond motifs is 1. The van der Waals surface area contributed by atoms with Gasteiger partial charge in [0.2, 0.25) is 0 Å². The molecule has 1 heteroatoms. The van der Waals surface area contributed by atoms with Crippen LogP contribution >= 0.6 is 0 Å². The number of aryl methyl sites for hydroxylation is 2. The molecule has 0 saturated carbocycles. The molecule has 2 rings (SSSR count). The zero-order valence-electron chi connectivity index (χ0n) is 9.96. The van der Waals surface area contributed by atoms with E-state index in [0.717, 1.165) is 18.4 Å². The first-order valence-corrected chi connectivity index (χ1v) is 5.66. The topological polar surface area (TPSA) is 12.9 Å². The summed E-state index contributed by atoms with van der Waals surface area (Å²) in [6.07, 6.45) is 3.93. The van der Waals surface area contributed by atoms with E-state index >= 15 is 0 Å². The zero-order valence-corrected chi connectivity index (χ0v) is 9.96. The Morgan fingerprint density at radius 3 is 2.88 bits per heavy atom. The minimum absolute atomic E-state index is 1.03. The monoisotopic (exact) mass is 211 g/mol. The van der Waals surface area contributed by atoms with Crippen molar-refractivity contribution in [1.29, 1.82) is 0 Å². The summed E-state index contributed by atoms with van der Waals surface area (Å²) in [6, 6.07) is 8.51. The lowest BCUT2D eigenvalue weighted by molar-refractivity contribution is 0.950. The van der Waals surface area contributed by atoms with Crippen LogP contribution in [0.3, 0.4) is 0 Å². The van der Waals surface area contributed by atoms with Crippen LogP contribution in [0.4, 0.5) is 0 Å². The summed E-state index contributed by atoms with van der Waals surface area (Å²) in [4.78, 5) is 4.49. The largest absolute Gasteiger partial charge is 0.256 e. The Balaban J connectivity index is 2.46. The molecule has 0 aliphatic carbocycles. The average Bonchev–Trinajstić information content (AvgIpc) is 2.28. The predicted octanol–water partition coefficient (Wildman–Crippen LogP) is 4.05. The van der Waals surface area contributed by atoms with Gasteiger partial charge >= 0.3 is 0 Å². The predicted molar refractivity (Wildman–Crippen MR) is 69.6 cm³/mol. The van der Waals surface area contributed by atoms with E-state index in [1.165, 1.54) is 22.1 Å². The van der Waals surface area contributed by atoms with E-state index in [2.05, 4.69) is 43.6 Å². The van der Waals surface area contributed by atoms with E-state index in [9.17, 15) is 0 Å². The summed E-state index contributed by atoms with van der Waals surface area (Å²) < 4.78 is 0. The molecule has 1 aromatic heterocycles. The highest BCUT2D eigenvalue weighted by atomic mass is 14.6. The van der Waals surface area contributed by atoms with Crippen molar-refractivity contribution in [3.05, 3.63) is 53.7 Å². The molecule has 0 atom stereocenters. The molecule has 0 spiro atoms. The summed E-state index contributed by atoms with van der Waals surface area (Å²) in [6.45, 7) is 8.15. The Labute approximate surface area is 96.8 Å². The van der Waals surface area contributed by atoms with Crippen molar-refractivity contribution in [2.24, 2.45) is 0 Å². The summed E-state index contributed by atoms with van der Waals surface area (Å²) >= 11 is 0. The Morgan fingerprint density at radius 1 is 1.31 bits per heavy atom. The van der Waals surface area contributed by atoms with Crippen LogP contribution in [0.25, 0.3) is 10.9 Å². The fourth-order valence-electron chi connectivity index (χ4n) is 1.92. The molecule has 1 aromatic carbocycles. The second-order valence-electron chi connectivity index (χ2n) is 4.40. The number of nitrogens with zero attached hydrogens (tertiary/aromatic N) is 1. The van der Waals surface area contributed by atoms with Gasteiger partial charge in [-0.3, -0.25) is 4.98 Å². The SMILES string of the molecule is C=C(C)CCc1ccc(C)c2cccnc12. The number of hydrogen-bond donors (Lipinski definition) is 0. The molecular formula is C15H17N. The average molecular weight is 211 g/mol. The van der Waals surface area contributed by atoms with Gasteiger partial charge in [-0.05, 0) is 43.9 Å². The molecule has 2 aromatic rings. The van der Waals surface area contributed by atoms with Crippen molar-refractivity contribution in [3.8, 4) is 0 Å². The molecule has 0 N–H and O–H groups in total. The number of rotatable bonds is 3. The Bertz CT molecular complexity index is 526. The standard InChI is InChI=1S/C15H17N/c1-11(2)6-8-13-9-7-12(3)14-5-4-10-16-15(13)14/h4-5,7,9-10H,1,6,8H2,2-3H3. The molecule has 1 heterocycles. The normalized spacial score (nSPS) is 10.6. The van der Waals surface area contributed by atoms with Crippen molar-refractivity contribution < 1.29 is 0 Å². The number of hydrogen-bond acceptors (Lipinski definition) is 1. The van der Waals surface area contributed by atoms with Gasteiger partial charge in [0.15, 0.2) is 0 Å². The fourth-order valence-corrected chi connectivity index (χ4v) is 1.92. The van der Waals surface area contributed by atoms with Crippen LogP contribution in [-0.4, -0.2) is 4.98 Å². The minimum Gasteiger partial charge on any atom is -0.256 e. The van der Waals surface area contributed by atoms with Gasteiger partial charge in [0.25, 0.3) is 0 Å². The molecule has 16 heavy (non-hydrogen) atoms. The highest BCUT2D eigenvalue weighted by Crippen LogP contribution is 2.21. The van der Waals surface area contributed by atoms with E-state index < -0.39 is 0 Å². The fraction of sp³-hybridized carbons (Fsp3) is 0.267. The lowest BCUT2D eigenvalue weighted by Crippen LogP contribution is -1.92. The van der Waals surface area contributed by atoms with Gasteiger partial charge in [0.1, 0.15) is 0 Å². The third-order valence-corrected chi connectivity index (χ3v) is 2.89. The van der Waals surface area contributed by atoms with Gasteiger partial charge in [-0.2, -0.15) is 0 Å². The quantitative estimate of drug-likeness (QED) is 0.698. The summed E-state index contributed by atoms with van der Waals surface area (Å²) in [5.41, 5.74) is 4.99. The first kappa shape index (κ1) is 10.9. The van der Waals surface area contributed by atoms with Crippen LogP contribution < -0.4 is 0 Å². The summed E-state index contributed by atoms with van der Waals surface area (Å²) in [7, 11) is 0. The molecular weight excluding hydrogens is 194 g/mol. The van der Waals surface area contributed by atoms with E-state index in [4.69, 9.17) is 0 Å².